The van der Waals surface area contributed by atoms with Gasteiger partial charge in [0.1, 0.15) is 0 Å². The fraction of sp³-hybridized carbons (Fsp3) is 1.00. The molecule has 1 saturated carbocycles. The maximum absolute atomic E-state index is 6.03. The summed E-state index contributed by atoms with van der Waals surface area (Å²) in [6, 6.07) is 0.476. The van der Waals surface area contributed by atoms with Gasteiger partial charge in [-0.05, 0) is 26.3 Å². The van der Waals surface area contributed by atoms with Crippen LogP contribution < -0.4 is 5.32 Å². The molecule has 1 N–H and O–H groups in total. The Morgan fingerprint density at radius 1 is 1.25 bits per heavy atom. The zero-order chi connectivity index (χ0) is 11.2. The van der Waals surface area contributed by atoms with E-state index in [2.05, 4.69) is 5.32 Å². The third kappa shape index (κ3) is 3.44. The van der Waals surface area contributed by atoms with Gasteiger partial charge in [0.05, 0.1) is 19.3 Å². The third-order valence-corrected chi connectivity index (χ3v) is 3.97. The molecule has 1 heterocycles. The molecule has 2 unspecified atom stereocenters. The highest BCUT2D eigenvalue weighted by atomic mass is 16.5. The molecule has 1 saturated heterocycles. The lowest BCUT2D eigenvalue weighted by molar-refractivity contribution is 0.00721. The predicted octanol–water partition coefficient (Wildman–Crippen LogP) is 1.96. The molecular formula is C13H25NO2. The second kappa shape index (κ2) is 6.58. The summed E-state index contributed by atoms with van der Waals surface area (Å²) in [5.41, 5.74) is 0. The van der Waals surface area contributed by atoms with E-state index in [1.807, 2.05) is 7.05 Å². The molecule has 0 spiro atoms. The van der Waals surface area contributed by atoms with Crippen molar-refractivity contribution in [2.75, 3.05) is 26.9 Å². The molecule has 94 valence electrons. The van der Waals surface area contributed by atoms with Crippen LogP contribution in [0.15, 0.2) is 0 Å². The Labute approximate surface area is 98.9 Å². The first-order valence-corrected chi connectivity index (χ1v) is 6.76. The average molecular weight is 227 g/mol. The Morgan fingerprint density at radius 3 is 2.69 bits per heavy atom. The van der Waals surface area contributed by atoms with Gasteiger partial charge in [0.15, 0.2) is 0 Å². The fourth-order valence-corrected chi connectivity index (χ4v) is 2.80. The topological polar surface area (TPSA) is 30.5 Å². The van der Waals surface area contributed by atoms with Crippen LogP contribution in [0.2, 0.25) is 0 Å². The standard InChI is InChI=1S/C13H25NO2/c1-14-13(11-7-8-15-9-11)10-16-12-5-3-2-4-6-12/h11-14H,2-10H2,1H3. The smallest absolute Gasteiger partial charge is 0.0626 e. The Bertz CT molecular complexity index is 186. The van der Waals surface area contributed by atoms with Gasteiger partial charge >= 0.3 is 0 Å². The first-order chi connectivity index (χ1) is 7.90. The molecule has 1 aliphatic heterocycles. The van der Waals surface area contributed by atoms with Crippen LogP contribution in [0.3, 0.4) is 0 Å². The van der Waals surface area contributed by atoms with E-state index in [9.17, 15) is 0 Å². The summed E-state index contributed by atoms with van der Waals surface area (Å²) in [7, 11) is 2.03. The first-order valence-electron chi connectivity index (χ1n) is 6.76. The molecule has 2 aliphatic rings. The molecule has 3 heteroatoms. The molecule has 0 radical (unpaired) electrons. The summed E-state index contributed by atoms with van der Waals surface area (Å²) in [6.45, 7) is 2.68. The molecule has 1 aliphatic carbocycles. The van der Waals surface area contributed by atoms with Crippen molar-refractivity contribution in [1.82, 2.24) is 5.32 Å². The van der Waals surface area contributed by atoms with Gasteiger partial charge in [-0.1, -0.05) is 19.3 Å². The number of nitrogens with one attached hydrogen (secondary N) is 1. The Morgan fingerprint density at radius 2 is 2.06 bits per heavy atom. The van der Waals surface area contributed by atoms with E-state index in [-0.39, 0.29) is 0 Å². The molecule has 2 rings (SSSR count). The molecule has 0 amide bonds. The van der Waals surface area contributed by atoms with Crippen molar-refractivity contribution >= 4 is 0 Å². The molecular weight excluding hydrogens is 202 g/mol. The van der Waals surface area contributed by atoms with Crippen molar-refractivity contribution in [3.05, 3.63) is 0 Å². The zero-order valence-electron chi connectivity index (χ0n) is 10.4. The minimum Gasteiger partial charge on any atom is -0.381 e. The predicted molar refractivity (Wildman–Crippen MR) is 64.6 cm³/mol. The highest BCUT2D eigenvalue weighted by Gasteiger charge is 2.25. The molecule has 3 nitrogen and oxygen atoms in total. The van der Waals surface area contributed by atoms with Gasteiger partial charge in [0, 0.05) is 18.6 Å². The summed E-state index contributed by atoms with van der Waals surface area (Å²) in [4.78, 5) is 0. The van der Waals surface area contributed by atoms with Crippen LogP contribution in [0.1, 0.15) is 38.5 Å². The highest BCUT2D eigenvalue weighted by molar-refractivity contribution is 4.79. The van der Waals surface area contributed by atoms with Crippen molar-refractivity contribution in [2.45, 2.75) is 50.7 Å². The van der Waals surface area contributed by atoms with Crippen molar-refractivity contribution in [2.24, 2.45) is 5.92 Å². The Hall–Kier alpha value is -0.120. The van der Waals surface area contributed by atoms with Crippen LogP contribution in [0, 0.1) is 5.92 Å². The average Bonchev–Trinajstić information content (AvgIpc) is 2.85. The van der Waals surface area contributed by atoms with E-state index in [4.69, 9.17) is 9.47 Å². The summed E-state index contributed by atoms with van der Waals surface area (Å²) in [5, 5.41) is 3.38. The third-order valence-electron chi connectivity index (χ3n) is 3.97. The molecule has 0 bridgehead atoms. The van der Waals surface area contributed by atoms with E-state index < -0.39 is 0 Å². The monoisotopic (exact) mass is 227 g/mol. The molecule has 0 aromatic carbocycles. The minimum atomic E-state index is 0.476. The van der Waals surface area contributed by atoms with Crippen LogP contribution in [0.4, 0.5) is 0 Å². The highest BCUT2D eigenvalue weighted by Crippen LogP contribution is 2.22. The maximum atomic E-state index is 6.03. The van der Waals surface area contributed by atoms with Gasteiger partial charge in [-0.2, -0.15) is 0 Å². The number of ether oxygens (including phenoxy) is 2. The van der Waals surface area contributed by atoms with E-state index in [0.717, 1.165) is 19.8 Å². The lowest BCUT2D eigenvalue weighted by atomic mass is 9.97. The molecule has 16 heavy (non-hydrogen) atoms. The van der Waals surface area contributed by atoms with Crippen LogP contribution >= 0.6 is 0 Å². The van der Waals surface area contributed by atoms with E-state index >= 15 is 0 Å². The Kier molecular flexibility index (Phi) is 5.07. The normalized spacial score (nSPS) is 29.4. The molecule has 0 aromatic heterocycles. The van der Waals surface area contributed by atoms with Gasteiger partial charge in [-0.3, -0.25) is 0 Å². The van der Waals surface area contributed by atoms with Crippen molar-refractivity contribution in [3.8, 4) is 0 Å². The summed E-state index contributed by atoms with van der Waals surface area (Å²) < 4.78 is 11.5. The lowest BCUT2D eigenvalue weighted by Crippen LogP contribution is -2.39. The SMILES string of the molecule is CNC(COC1CCCCC1)C1CCOC1. The first kappa shape index (κ1) is 12.3. The van der Waals surface area contributed by atoms with Gasteiger partial charge in [-0.15, -0.1) is 0 Å². The van der Waals surface area contributed by atoms with Crippen LogP contribution in [0.5, 0.6) is 0 Å². The summed E-state index contributed by atoms with van der Waals surface area (Å²) >= 11 is 0. The van der Waals surface area contributed by atoms with Crippen LogP contribution in [-0.4, -0.2) is 39.0 Å². The second-order valence-corrected chi connectivity index (χ2v) is 5.11. The molecule has 2 fully saturated rings. The van der Waals surface area contributed by atoms with Crippen molar-refractivity contribution in [1.29, 1.82) is 0 Å². The maximum Gasteiger partial charge on any atom is 0.0626 e. The van der Waals surface area contributed by atoms with Gasteiger partial charge in [0.25, 0.3) is 0 Å². The number of likely N-dealkylation sites (N-methyl/N-ethyl adjacent to an activating group) is 1. The van der Waals surface area contributed by atoms with Crippen molar-refractivity contribution in [3.63, 3.8) is 0 Å². The van der Waals surface area contributed by atoms with Crippen molar-refractivity contribution < 1.29 is 9.47 Å². The van der Waals surface area contributed by atoms with Crippen LogP contribution in [-0.2, 0) is 9.47 Å². The second-order valence-electron chi connectivity index (χ2n) is 5.11. The minimum absolute atomic E-state index is 0.476. The number of hydrogen-bond donors (Lipinski definition) is 1. The largest absolute Gasteiger partial charge is 0.381 e. The van der Waals surface area contributed by atoms with Gasteiger partial charge < -0.3 is 14.8 Å². The summed E-state index contributed by atoms with van der Waals surface area (Å²) in [6.07, 6.45) is 8.32. The van der Waals surface area contributed by atoms with E-state index in [0.29, 0.717) is 18.1 Å². The summed E-state index contributed by atoms with van der Waals surface area (Å²) in [5.74, 6) is 0.647. The number of hydrogen-bond acceptors (Lipinski definition) is 3. The lowest BCUT2D eigenvalue weighted by Gasteiger charge is -2.27. The zero-order valence-corrected chi connectivity index (χ0v) is 10.4. The van der Waals surface area contributed by atoms with Gasteiger partial charge in [0.2, 0.25) is 0 Å². The quantitative estimate of drug-likeness (QED) is 0.779. The molecule has 2 atom stereocenters. The molecule has 0 aromatic rings. The van der Waals surface area contributed by atoms with Gasteiger partial charge in [-0.25, -0.2) is 0 Å². The van der Waals surface area contributed by atoms with E-state index in [1.165, 1.54) is 38.5 Å². The Balaban J connectivity index is 1.69. The van der Waals surface area contributed by atoms with E-state index in [1.54, 1.807) is 0 Å². The van der Waals surface area contributed by atoms with Crippen LogP contribution in [0.25, 0.3) is 0 Å². The number of rotatable bonds is 5. The fourth-order valence-electron chi connectivity index (χ4n) is 2.80.